The number of carbonyl (C=O) groups is 2. The van der Waals surface area contributed by atoms with E-state index in [1.54, 1.807) is 12.1 Å². The lowest BCUT2D eigenvalue weighted by molar-refractivity contribution is -0.139. The molecule has 3 aromatic heterocycles. The van der Waals surface area contributed by atoms with Gasteiger partial charge in [0, 0.05) is 18.2 Å². The van der Waals surface area contributed by atoms with Crippen molar-refractivity contribution >= 4 is 34.7 Å². The van der Waals surface area contributed by atoms with Gasteiger partial charge in [0.1, 0.15) is 17.5 Å². The van der Waals surface area contributed by atoms with E-state index in [0.717, 1.165) is 16.5 Å². The molecule has 1 atom stereocenters. The monoisotopic (exact) mass is 478 g/mol. The first-order chi connectivity index (χ1) is 16.6. The maximum Gasteiger partial charge on any atom is 0.326 e. The minimum atomic E-state index is -1.14. The Kier molecular flexibility index (Phi) is 6.32. The molecule has 3 heterocycles. The van der Waals surface area contributed by atoms with Crippen LogP contribution < -0.4 is 16.8 Å². The van der Waals surface area contributed by atoms with Crippen molar-refractivity contribution in [1.29, 1.82) is 0 Å². The molecule has 35 heavy (non-hydrogen) atoms. The van der Waals surface area contributed by atoms with Gasteiger partial charge in [-0.3, -0.25) is 4.79 Å². The van der Waals surface area contributed by atoms with Crippen LogP contribution in [0.25, 0.3) is 11.0 Å². The quantitative estimate of drug-likeness (QED) is 0.200. The van der Waals surface area contributed by atoms with Gasteiger partial charge in [-0.05, 0) is 41.5 Å². The number of tetrazole rings is 1. The Labute approximate surface area is 199 Å². The zero-order valence-corrected chi connectivity index (χ0v) is 19.2. The molecule has 0 saturated carbocycles. The van der Waals surface area contributed by atoms with Gasteiger partial charge in [0.15, 0.2) is 5.82 Å². The highest BCUT2D eigenvalue weighted by Crippen LogP contribution is 2.32. The summed E-state index contributed by atoms with van der Waals surface area (Å²) in [4.78, 5) is 35.6. The molecule has 0 saturated heterocycles. The van der Waals surface area contributed by atoms with Gasteiger partial charge < -0.3 is 26.9 Å². The summed E-state index contributed by atoms with van der Waals surface area (Å²) >= 11 is 0. The van der Waals surface area contributed by atoms with Crippen LogP contribution >= 0.6 is 0 Å². The highest BCUT2D eigenvalue weighted by Gasteiger charge is 2.25. The zero-order chi connectivity index (χ0) is 25.2. The van der Waals surface area contributed by atoms with Crippen molar-refractivity contribution in [3.05, 3.63) is 53.0 Å². The predicted molar refractivity (Wildman–Crippen MR) is 127 cm³/mol. The SMILES string of the molecule is CC(C)(Cc1c[nH]c2nc(N)nc(N)c12)c1ccc(C(=O)N[C@@H](CCc2nn[nH]n2)C(=O)O)cc1. The zero-order valence-electron chi connectivity index (χ0n) is 19.2. The summed E-state index contributed by atoms with van der Waals surface area (Å²) < 4.78 is 0. The molecule has 0 spiro atoms. The van der Waals surface area contributed by atoms with E-state index in [2.05, 4.69) is 54.7 Å². The number of aromatic nitrogens is 7. The van der Waals surface area contributed by atoms with Crippen LogP contribution in [-0.2, 0) is 23.1 Å². The molecule has 4 rings (SSSR count). The molecule has 4 aromatic rings. The fourth-order valence-corrected chi connectivity index (χ4v) is 4.00. The number of nitrogen functional groups attached to an aromatic ring is 2. The molecular formula is C22H26N10O3. The fraction of sp³-hybridized carbons (Fsp3) is 0.318. The number of nitrogens with zero attached hydrogens (tertiary/aromatic N) is 5. The second-order valence-electron chi connectivity index (χ2n) is 8.87. The third-order valence-electron chi connectivity index (χ3n) is 5.87. The average molecular weight is 479 g/mol. The van der Waals surface area contributed by atoms with E-state index in [9.17, 15) is 14.7 Å². The lowest BCUT2D eigenvalue weighted by Crippen LogP contribution is -2.41. The minimum Gasteiger partial charge on any atom is -0.480 e. The number of fused-ring (bicyclic) bond motifs is 1. The van der Waals surface area contributed by atoms with E-state index in [0.29, 0.717) is 29.3 Å². The first-order valence-electron chi connectivity index (χ1n) is 10.9. The van der Waals surface area contributed by atoms with E-state index in [1.165, 1.54) is 0 Å². The summed E-state index contributed by atoms with van der Waals surface area (Å²) in [6.45, 7) is 4.15. The third-order valence-corrected chi connectivity index (χ3v) is 5.87. The summed E-state index contributed by atoms with van der Waals surface area (Å²) in [5.41, 5.74) is 14.3. The molecule has 1 aromatic carbocycles. The Morgan fingerprint density at radius 1 is 1.17 bits per heavy atom. The van der Waals surface area contributed by atoms with Gasteiger partial charge in [0.05, 0.1) is 5.39 Å². The van der Waals surface area contributed by atoms with Crippen molar-refractivity contribution < 1.29 is 14.7 Å². The van der Waals surface area contributed by atoms with Gasteiger partial charge in [-0.2, -0.15) is 15.2 Å². The second kappa shape index (κ2) is 9.37. The van der Waals surface area contributed by atoms with Gasteiger partial charge in [-0.25, -0.2) is 4.79 Å². The largest absolute Gasteiger partial charge is 0.480 e. The van der Waals surface area contributed by atoms with Crippen LogP contribution in [0.5, 0.6) is 0 Å². The number of H-pyrrole nitrogens is 2. The van der Waals surface area contributed by atoms with Gasteiger partial charge in [-0.1, -0.05) is 31.2 Å². The molecule has 0 fully saturated rings. The molecule has 0 unspecified atom stereocenters. The number of carboxylic acid groups (broad SMARTS) is 1. The number of aliphatic carboxylic acids is 1. The molecule has 0 radical (unpaired) electrons. The van der Waals surface area contributed by atoms with E-state index in [4.69, 9.17) is 11.5 Å². The Bertz CT molecular complexity index is 1350. The van der Waals surface area contributed by atoms with E-state index in [1.807, 2.05) is 18.3 Å². The Morgan fingerprint density at radius 2 is 1.91 bits per heavy atom. The van der Waals surface area contributed by atoms with E-state index < -0.39 is 17.9 Å². The number of anilines is 2. The van der Waals surface area contributed by atoms with Crippen molar-refractivity contribution in [3.63, 3.8) is 0 Å². The molecule has 182 valence electrons. The van der Waals surface area contributed by atoms with Crippen LogP contribution in [-0.4, -0.2) is 58.6 Å². The lowest BCUT2D eigenvalue weighted by Gasteiger charge is -2.25. The first kappa shape index (κ1) is 23.6. The van der Waals surface area contributed by atoms with Gasteiger partial charge in [0.25, 0.3) is 5.91 Å². The number of aromatic amines is 2. The van der Waals surface area contributed by atoms with Crippen molar-refractivity contribution in [2.24, 2.45) is 0 Å². The van der Waals surface area contributed by atoms with Crippen LogP contribution in [0.15, 0.2) is 30.5 Å². The average Bonchev–Trinajstić information content (AvgIpc) is 3.46. The van der Waals surface area contributed by atoms with Crippen molar-refractivity contribution in [2.75, 3.05) is 11.5 Å². The number of amides is 1. The third kappa shape index (κ3) is 5.18. The van der Waals surface area contributed by atoms with Gasteiger partial charge in [-0.15, -0.1) is 10.2 Å². The number of nitrogens with one attached hydrogen (secondary N) is 3. The number of hydrogen-bond acceptors (Lipinski definition) is 9. The number of rotatable bonds is 9. The molecule has 0 aliphatic heterocycles. The standard InChI is InChI=1S/C22H26N10O3/c1-22(2,9-12-10-25-18-16(12)17(23)27-21(24)28-18)13-5-3-11(4-6-13)19(33)26-14(20(34)35)7-8-15-29-31-32-30-15/h3-6,10,14H,7-9H2,1-2H3,(H,26,33)(H,34,35)(H,29,30,31,32)(H5,23,24,25,27,28)/t14-/m0/s1. The summed E-state index contributed by atoms with van der Waals surface area (Å²) in [6, 6.07) is 5.99. The molecular weight excluding hydrogens is 452 g/mol. The number of nitrogens with two attached hydrogens (primary N) is 2. The number of carboxylic acids is 1. The molecule has 13 heteroatoms. The second-order valence-corrected chi connectivity index (χ2v) is 8.87. The molecule has 13 nitrogen and oxygen atoms in total. The number of aryl methyl sites for hydroxylation is 1. The van der Waals surface area contributed by atoms with Crippen LogP contribution in [0, 0.1) is 0 Å². The summed E-state index contributed by atoms with van der Waals surface area (Å²) in [5, 5.41) is 26.1. The smallest absolute Gasteiger partial charge is 0.326 e. The van der Waals surface area contributed by atoms with Crippen LogP contribution in [0.3, 0.4) is 0 Å². The maximum atomic E-state index is 12.7. The van der Waals surface area contributed by atoms with Crippen LogP contribution in [0.2, 0.25) is 0 Å². The fourth-order valence-electron chi connectivity index (χ4n) is 4.00. The summed E-state index contributed by atoms with van der Waals surface area (Å²) in [7, 11) is 0. The highest BCUT2D eigenvalue weighted by molar-refractivity contribution is 5.96. The maximum absolute atomic E-state index is 12.7. The van der Waals surface area contributed by atoms with Gasteiger partial charge in [0.2, 0.25) is 5.95 Å². The van der Waals surface area contributed by atoms with Crippen LogP contribution in [0.4, 0.5) is 11.8 Å². The van der Waals surface area contributed by atoms with E-state index in [-0.39, 0.29) is 24.2 Å². The Balaban J connectivity index is 1.45. The number of carbonyl (C=O) groups excluding carboxylic acids is 1. The molecule has 0 aliphatic carbocycles. The van der Waals surface area contributed by atoms with Crippen molar-refractivity contribution in [3.8, 4) is 0 Å². The summed E-state index contributed by atoms with van der Waals surface area (Å²) in [5.74, 6) is -0.809. The molecule has 0 aliphatic rings. The van der Waals surface area contributed by atoms with Crippen molar-refractivity contribution in [2.45, 2.75) is 44.6 Å². The molecule has 8 N–H and O–H groups in total. The Morgan fingerprint density at radius 3 is 2.57 bits per heavy atom. The van der Waals surface area contributed by atoms with E-state index >= 15 is 0 Å². The summed E-state index contributed by atoms with van der Waals surface area (Å²) in [6.07, 6.45) is 2.87. The highest BCUT2D eigenvalue weighted by atomic mass is 16.4. The van der Waals surface area contributed by atoms with Crippen molar-refractivity contribution in [1.82, 2.24) is 40.9 Å². The van der Waals surface area contributed by atoms with Gasteiger partial charge >= 0.3 is 5.97 Å². The lowest BCUT2D eigenvalue weighted by atomic mass is 9.79. The minimum absolute atomic E-state index is 0.108. The topological polar surface area (TPSA) is 214 Å². The normalized spacial score (nSPS) is 12.5. The first-order valence-corrected chi connectivity index (χ1v) is 10.9. The van der Waals surface area contributed by atoms with Crippen LogP contribution in [0.1, 0.15) is 47.6 Å². The predicted octanol–water partition coefficient (Wildman–Crippen LogP) is 0.972. The molecule has 1 amide bonds. The number of hydrogen-bond donors (Lipinski definition) is 6. The number of benzene rings is 1. The molecule has 0 bridgehead atoms. The Hall–Kier alpha value is -4.55.